The minimum absolute atomic E-state index is 0.0353. The fourth-order valence-electron chi connectivity index (χ4n) is 3.70. The number of ether oxygens (including phenoxy) is 1. The van der Waals surface area contributed by atoms with Crippen LogP contribution in [0.3, 0.4) is 0 Å². The van der Waals surface area contributed by atoms with Crippen molar-refractivity contribution in [2.45, 2.75) is 49.7 Å². The van der Waals surface area contributed by atoms with Gasteiger partial charge in [0.2, 0.25) is 0 Å². The Morgan fingerprint density at radius 3 is 2.88 bits per heavy atom. The third-order valence-corrected chi connectivity index (χ3v) is 8.64. The number of halogens is 1. The number of rotatable bonds is 8. The van der Waals surface area contributed by atoms with Crippen LogP contribution >= 0.6 is 0 Å². The summed E-state index contributed by atoms with van der Waals surface area (Å²) in [6.07, 6.45) is 1.84. The topological polar surface area (TPSA) is 121 Å². The van der Waals surface area contributed by atoms with Gasteiger partial charge in [0.25, 0.3) is 0 Å². The third-order valence-electron chi connectivity index (χ3n) is 5.30. The average molecular weight is 559 g/mol. The number of hydrogen-bond acceptors (Lipinski definition) is 7. The van der Waals surface area contributed by atoms with E-state index < -0.39 is 33.5 Å². The first-order valence-electron chi connectivity index (χ1n) is 10.6. The Morgan fingerprint density at radius 2 is 2.15 bits per heavy atom. The zero-order valence-electron chi connectivity index (χ0n) is 18.5. The summed E-state index contributed by atoms with van der Waals surface area (Å²) in [4.78, 5) is 15.7. The van der Waals surface area contributed by atoms with Crippen LogP contribution in [0.15, 0.2) is 40.9 Å². The van der Waals surface area contributed by atoms with E-state index in [2.05, 4.69) is 25.8 Å². The van der Waals surface area contributed by atoms with Crippen molar-refractivity contribution in [3.8, 4) is 34.7 Å². The molecule has 4 rings (SSSR count). The predicted molar refractivity (Wildman–Crippen MR) is 117 cm³/mol. The molecule has 2 aromatic carbocycles. The second kappa shape index (κ2) is 9.89. The summed E-state index contributed by atoms with van der Waals surface area (Å²) in [5.74, 6) is 0.545. The number of nitrogens with one attached hydrogen (secondary N) is 1. The average Bonchev–Trinajstić information content (AvgIpc) is 3.44. The molecule has 0 aliphatic heterocycles. The number of carbonyl (C=O) groups is 1. The number of aliphatic carboxylic acids is 1. The molecule has 0 unspecified atom stereocenters. The summed E-state index contributed by atoms with van der Waals surface area (Å²) < 4.78 is 14.8. The molecule has 1 aliphatic carbocycles. The van der Waals surface area contributed by atoms with E-state index in [9.17, 15) is 10.1 Å². The van der Waals surface area contributed by atoms with E-state index in [4.69, 9.17) is 14.4 Å². The van der Waals surface area contributed by atoms with Gasteiger partial charge >= 0.3 is 183 Å². The van der Waals surface area contributed by atoms with Gasteiger partial charge in [-0.3, -0.25) is 0 Å². The molecule has 1 heterocycles. The molecule has 0 spiro atoms. The number of carboxylic acids is 1. The summed E-state index contributed by atoms with van der Waals surface area (Å²) in [5.41, 5.74) is 4.43. The van der Waals surface area contributed by atoms with Crippen LogP contribution in [0.2, 0.25) is 0 Å². The van der Waals surface area contributed by atoms with Crippen LogP contribution in [0.25, 0.3) is 22.8 Å². The van der Waals surface area contributed by atoms with E-state index in [0.717, 1.165) is 18.4 Å². The maximum atomic E-state index is 11.1. The Kier molecular flexibility index (Phi) is 6.95. The molecule has 8 nitrogen and oxygen atoms in total. The molecule has 2 atom stereocenters. The van der Waals surface area contributed by atoms with Gasteiger partial charge in [0.05, 0.1) is 6.10 Å². The third kappa shape index (κ3) is 5.02. The number of nitriles is 1. The van der Waals surface area contributed by atoms with Crippen molar-refractivity contribution in [1.29, 1.82) is 5.26 Å². The molecule has 3 aromatic rings. The van der Waals surface area contributed by atoms with Gasteiger partial charge in [0.1, 0.15) is 0 Å². The fraction of sp³-hybridized carbons (Fsp3) is 0.333. The van der Waals surface area contributed by atoms with Gasteiger partial charge in [0.15, 0.2) is 0 Å². The van der Waals surface area contributed by atoms with E-state index in [-0.39, 0.29) is 6.10 Å². The van der Waals surface area contributed by atoms with E-state index >= 15 is 0 Å². The molecule has 9 heteroatoms. The van der Waals surface area contributed by atoms with Gasteiger partial charge in [-0.1, -0.05) is 0 Å². The van der Waals surface area contributed by atoms with E-state index in [1.807, 2.05) is 26.0 Å². The second-order valence-corrected chi connectivity index (χ2v) is 10.8. The van der Waals surface area contributed by atoms with Crippen molar-refractivity contribution in [1.82, 2.24) is 13.7 Å². The van der Waals surface area contributed by atoms with E-state index in [1.165, 1.54) is 11.1 Å². The number of benzene rings is 2. The van der Waals surface area contributed by atoms with E-state index in [0.29, 0.717) is 32.5 Å². The van der Waals surface area contributed by atoms with Crippen molar-refractivity contribution in [3.05, 3.63) is 53.1 Å². The Hall–Kier alpha value is -2.97. The Morgan fingerprint density at radius 1 is 1.33 bits per heavy atom. The SMILES string of the molecule is CC(C)Oc1ccc(-c2nc(-c3cccc4c3CC[C@@H]4[I-]N[C@H](C)C(=O)O)no2)cc1C#N. The zero-order chi connectivity index (χ0) is 23.5. The van der Waals surface area contributed by atoms with Gasteiger partial charge in [-0.05, 0) is 13.8 Å². The summed E-state index contributed by atoms with van der Waals surface area (Å²) in [6.45, 7) is 5.49. The molecule has 172 valence electrons. The van der Waals surface area contributed by atoms with Crippen LogP contribution in [0.4, 0.5) is 0 Å². The number of carboxylic acid groups (broad SMARTS) is 1. The van der Waals surface area contributed by atoms with Crippen LogP contribution in [0, 0.1) is 11.3 Å². The van der Waals surface area contributed by atoms with Crippen molar-refractivity contribution in [3.63, 3.8) is 0 Å². The van der Waals surface area contributed by atoms with Gasteiger partial charge in [-0.25, -0.2) is 0 Å². The van der Waals surface area contributed by atoms with Crippen molar-refractivity contribution in [2.75, 3.05) is 0 Å². The molecular formula is C24H24IN4O4-. The molecule has 0 radical (unpaired) electrons. The first-order valence-corrected chi connectivity index (χ1v) is 13.0. The summed E-state index contributed by atoms with van der Waals surface area (Å²) in [6, 6.07) is 12.9. The molecule has 1 aliphatic rings. The second-order valence-electron chi connectivity index (χ2n) is 8.07. The zero-order valence-corrected chi connectivity index (χ0v) is 20.7. The van der Waals surface area contributed by atoms with Crippen LogP contribution in [-0.4, -0.2) is 33.4 Å². The van der Waals surface area contributed by atoms with Crippen LogP contribution in [0.1, 0.15) is 47.8 Å². The molecule has 0 amide bonds. The molecule has 33 heavy (non-hydrogen) atoms. The number of aromatic nitrogens is 2. The predicted octanol–water partition coefficient (Wildman–Crippen LogP) is 1.12. The summed E-state index contributed by atoms with van der Waals surface area (Å²) in [7, 11) is 0. The number of fused-ring (bicyclic) bond motifs is 1. The van der Waals surface area contributed by atoms with Gasteiger partial charge in [-0.2, -0.15) is 0 Å². The van der Waals surface area contributed by atoms with Gasteiger partial charge in [-0.15, -0.1) is 0 Å². The Balaban J connectivity index is 1.58. The molecule has 1 aromatic heterocycles. The van der Waals surface area contributed by atoms with Crippen LogP contribution in [-0.2, 0) is 11.2 Å². The first kappa shape index (κ1) is 23.2. The van der Waals surface area contributed by atoms with Crippen LogP contribution < -0.4 is 29.7 Å². The Bertz CT molecular complexity index is 1220. The number of alkyl halides is 1. The van der Waals surface area contributed by atoms with E-state index in [1.54, 1.807) is 25.1 Å². The minimum atomic E-state index is -0.829. The number of hydrogen-bond donors (Lipinski definition) is 2. The molecule has 0 fully saturated rings. The van der Waals surface area contributed by atoms with Crippen molar-refractivity contribution >= 4 is 5.97 Å². The summed E-state index contributed by atoms with van der Waals surface area (Å²) in [5, 5.41) is 22.8. The molecular weight excluding hydrogens is 535 g/mol. The van der Waals surface area contributed by atoms with Crippen molar-refractivity contribution in [2.24, 2.45) is 0 Å². The van der Waals surface area contributed by atoms with Gasteiger partial charge in [0, 0.05) is 0 Å². The van der Waals surface area contributed by atoms with Gasteiger partial charge < -0.3 is 0 Å². The van der Waals surface area contributed by atoms with Crippen LogP contribution in [0.5, 0.6) is 5.75 Å². The monoisotopic (exact) mass is 559 g/mol. The number of nitrogens with zero attached hydrogens (tertiary/aromatic N) is 3. The Labute approximate surface area is 202 Å². The standard InChI is InChI=1S/C24H24IN4O4/c1-13(2)32-21-10-7-15(11-16(21)12-26)23-27-22(29-33-23)19-6-4-5-18-17(19)8-9-20(18)25-28-14(3)24(30)31/h4-7,10-11,13-14,20,28H,8-9H2,1-3H3,(H,30,31)/q-1/t14-,20+/m1/s1. The maximum absolute atomic E-state index is 11.1. The normalized spacial score (nSPS) is 15.9. The molecule has 2 N–H and O–H groups in total. The molecule has 0 bridgehead atoms. The fourth-order valence-corrected chi connectivity index (χ4v) is 6.48. The molecule has 0 saturated carbocycles. The summed E-state index contributed by atoms with van der Waals surface area (Å²) >= 11 is -0.509. The molecule has 0 saturated heterocycles. The first-order chi connectivity index (χ1) is 15.9. The van der Waals surface area contributed by atoms with Crippen molar-refractivity contribution < 1.29 is 40.6 Å². The quantitative estimate of drug-likeness (QED) is 0.239.